The first-order chi connectivity index (χ1) is 5.88. The summed E-state index contributed by atoms with van der Waals surface area (Å²) in [6.45, 7) is 5.97. The average Bonchev–Trinajstić information content (AvgIpc) is 2.31. The molecule has 13 heavy (non-hydrogen) atoms. The number of β-amino-alcohol motifs (C(OH)–C–C–N with tert-alkyl or cyclic N) is 1. The Morgan fingerprint density at radius 1 is 1.54 bits per heavy atom. The number of hydrogen-bond acceptors (Lipinski definition) is 4. The van der Waals surface area contributed by atoms with E-state index in [0.717, 1.165) is 0 Å². The van der Waals surface area contributed by atoms with Gasteiger partial charge in [0.2, 0.25) is 0 Å². The van der Waals surface area contributed by atoms with Gasteiger partial charge in [0.1, 0.15) is 11.6 Å². The average molecular weight is 187 g/mol. The molecule has 0 aromatic heterocycles. The van der Waals surface area contributed by atoms with Gasteiger partial charge in [-0.2, -0.15) is 0 Å². The quantitative estimate of drug-likeness (QED) is 0.569. The maximum atomic E-state index is 11.4. The highest BCUT2D eigenvalue weighted by molar-refractivity contribution is 5.76. The molecule has 0 aromatic rings. The SMILES string of the molecule is CC(C)(C)OC(=O)[C@H]1C[C@H](O)CN1. The van der Waals surface area contributed by atoms with Gasteiger partial charge < -0.3 is 15.2 Å². The van der Waals surface area contributed by atoms with Crippen LogP contribution < -0.4 is 5.32 Å². The molecule has 2 N–H and O–H groups in total. The molecular formula is C9H17NO3. The molecule has 76 valence electrons. The van der Waals surface area contributed by atoms with E-state index in [1.807, 2.05) is 20.8 Å². The summed E-state index contributed by atoms with van der Waals surface area (Å²) in [7, 11) is 0. The summed E-state index contributed by atoms with van der Waals surface area (Å²) in [5, 5.41) is 12.1. The standard InChI is InChI=1S/C9H17NO3/c1-9(2,3)13-8(12)7-4-6(11)5-10-7/h6-7,10-11H,4-5H2,1-3H3/t6-,7+/m0/s1. The summed E-state index contributed by atoms with van der Waals surface area (Å²) in [4.78, 5) is 11.4. The molecule has 0 spiro atoms. The van der Waals surface area contributed by atoms with Crippen LogP contribution in [0, 0.1) is 0 Å². The molecule has 0 radical (unpaired) electrons. The van der Waals surface area contributed by atoms with Crippen molar-refractivity contribution in [2.45, 2.75) is 44.9 Å². The van der Waals surface area contributed by atoms with Crippen LogP contribution in [-0.2, 0) is 9.53 Å². The zero-order valence-corrected chi connectivity index (χ0v) is 8.33. The Balaban J connectivity index is 2.41. The summed E-state index contributed by atoms with van der Waals surface area (Å²) in [5.41, 5.74) is -0.452. The Morgan fingerprint density at radius 3 is 2.54 bits per heavy atom. The molecule has 1 aliphatic rings. The molecular weight excluding hydrogens is 170 g/mol. The van der Waals surface area contributed by atoms with Crippen LogP contribution in [0.15, 0.2) is 0 Å². The molecule has 1 fully saturated rings. The van der Waals surface area contributed by atoms with Crippen LogP contribution in [0.3, 0.4) is 0 Å². The summed E-state index contributed by atoms with van der Waals surface area (Å²) in [6, 6.07) is -0.339. The smallest absolute Gasteiger partial charge is 0.323 e. The highest BCUT2D eigenvalue weighted by Crippen LogP contribution is 2.13. The number of esters is 1. The Bertz CT molecular complexity index is 198. The van der Waals surface area contributed by atoms with Gasteiger partial charge in [0.25, 0.3) is 0 Å². The van der Waals surface area contributed by atoms with E-state index in [2.05, 4.69) is 5.32 Å². The third kappa shape index (κ3) is 3.32. The van der Waals surface area contributed by atoms with Crippen LogP contribution in [0.4, 0.5) is 0 Å². The molecule has 4 nitrogen and oxygen atoms in total. The molecule has 0 saturated carbocycles. The van der Waals surface area contributed by atoms with Gasteiger partial charge in [0.15, 0.2) is 0 Å². The monoisotopic (exact) mass is 187 g/mol. The van der Waals surface area contributed by atoms with Crippen LogP contribution in [0.1, 0.15) is 27.2 Å². The van der Waals surface area contributed by atoms with Crippen molar-refractivity contribution in [2.24, 2.45) is 0 Å². The molecule has 1 saturated heterocycles. The van der Waals surface area contributed by atoms with Crippen molar-refractivity contribution < 1.29 is 14.6 Å². The lowest BCUT2D eigenvalue weighted by Gasteiger charge is -2.21. The fourth-order valence-electron chi connectivity index (χ4n) is 1.27. The predicted octanol–water partition coefficient (Wildman–Crippen LogP) is 0.0509. The summed E-state index contributed by atoms with van der Waals surface area (Å²) < 4.78 is 5.16. The molecule has 0 aliphatic carbocycles. The van der Waals surface area contributed by atoms with Crippen LogP contribution >= 0.6 is 0 Å². The first-order valence-corrected chi connectivity index (χ1v) is 4.53. The van der Waals surface area contributed by atoms with Crippen molar-refractivity contribution >= 4 is 5.97 Å². The summed E-state index contributed by atoms with van der Waals surface area (Å²) in [6.07, 6.45) is 0.0343. The lowest BCUT2D eigenvalue weighted by Crippen LogP contribution is -2.37. The second kappa shape index (κ2) is 3.64. The largest absolute Gasteiger partial charge is 0.459 e. The van der Waals surface area contributed by atoms with Crippen LogP contribution in [-0.4, -0.2) is 35.4 Å². The third-order valence-corrected chi connectivity index (χ3v) is 1.80. The molecule has 0 bridgehead atoms. The van der Waals surface area contributed by atoms with Gasteiger partial charge >= 0.3 is 5.97 Å². The molecule has 4 heteroatoms. The number of hydrogen-bond donors (Lipinski definition) is 2. The van der Waals surface area contributed by atoms with Crippen molar-refractivity contribution in [3.8, 4) is 0 Å². The number of carbonyl (C=O) groups is 1. The van der Waals surface area contributed by atoms with Gasteiger partial charge in [0.05, 0.1) is 6.10 Å². The highest BCUT2D eigenvalue weighted by atomic mass is 16.6. The van der Waals surface area contributed by atoms with Crippen molar-refractivity contribution in [3.05, 3.63) is 0 Å². The molecule has 1 aliphatic heterocycles. The molecule has 1 rings (SSSR count). The number of ether oxygens (including phenoxy) is 1. The van der Waals surface area contributed by atoms with Gasteiger partial charge in [0, 0.05) is 13.0 Å². The zero-order chi connectivity index (χ0) is 10.1. The van der Waals surface area contributed by atoms with Gasteiger partial charge in [-0.1, -0.05) is 0 Å². The minimum atomic E-state index is -0.452. The first-order valence-electron chi connectivity index (χ1n) is 4.53. The molecule has 0 unspecified atom stereocenters. The van der Waals surface area contributed by atoms with Gasteiger partial charge in [-0.25, -0.2) is 0 Å². The summed E-state index contributed by atoms with van der Waals surface area (Å²) >= 11 is 0. The fourth-order valence-corrected chi connectivity index (χ4v) is 1.27. The molecule has 1 heterocycles. The van der Waals surface area contributed by atoms with E-state index in [1.165, 1.54) is 0 Å². The first kappa shape index (κ1) is 10.5. The Kier molecular flexibility index (Phi) is 2.93. The Morgan fingerprint density at radius 2 is 2.15 bits per heavy atom. The van der Waals surface area contributed by atoms with Crippen LogP contribution in [0.5, 0.6) is 0 Å². The van der Waals surface area contributed by atoms with Crippen molar-refractivity contribution in [1.29, 1.82) is 0 Å². The number of nitrogens with one attached hydrogen (secondary N) is 1. The second-order valence-corrected chi connectivity index (χ2v) is 4.38. The molecule has 0 amide bonds. The van der Waals surface area contributed by atoms with Gasteiger partial charge in [-0.15, -0.1) is 0 Å². The van der Waals surface area contributed by atoms with Crippen molar-refractivity contribution in [1.82, 2.24) is 5.32 Å². The van der Waals surface area contributed by atoms with E-state index in [-0.39, 0.29) is 12.0 Å². The van der Waals surface area contributed by atoms with Crippen molar-refractivity contribution in [3.63, 3.8) is 0 Å². The number of carbonyl (C=O) groups excluding carboxylic acids is 1. The van der Waals surface area contributed by atoms with Gasteiger partial charge in [-0.05, 0) is 20.8 Å². The number of rotatable bonds is 1. The van der Waals surface area contributed by atoms with E-state index in [4.69, 9.17) is 4.74 Å². The van der Waals surface area contributed by atoms with E-state index >= 15 is 0 Å². The third-order valence-electron chi connectivity index (χ3n) is 1.80. The fraction of sp³-hybridized carbons (Fsp3) is 0.889. The van der Waals surface area contributed by atoms with E-state index in [0.29, 0.717) is 13.0 Å². The number of aliphatic hydroxyl groups excluding tert-OH is 1. The lowest BCUT2D eigenvalue weighted by molar-refractivity contribution is -0.157. The van der Waals surface area contributed by atoms with E-state index in [9.17, 15) is 9.90 Å². The zero-order valence-electron chi connectivity index (χ0n) is 8.33. The molecule has 2 atom stereocenters. The summed E-state index contributed by atoms with van der Waals surface area (Å²) in [5.74, 6) is -0.274. The Hall–Kier alpha value is -0.610. The van der Waals surface area contributed by atoms with Gasteiger partial charge in [-0.3, -0.25) is 4.79 Å². The molecule has 0 aromatic carbocycles. The normalized spacial score (nSPS) is 28.9. The predicted molar refractivity (Wildman–Crippen MR) is 48.3 cm³/mol. The second-order valence-electron chi connectivity index (χ2n) is 4.38. The van der Waals surface area contributed by atoms with Crippen LogP contribution in [0.25, 0.3) is 0 Å². The maximum Gasteiger partial charge on any atom is 0.323 e. The van der Waals surface area contributed by atoms with Crippen LogP contribution in [0.2, 0.25) is 0 Å². The van der Waals surface area contributed by atoms with E-state index in [1.54, 1.807) is 0 Å². The van der Waals surface area contributed by atoms with E-state index < -0.39 is 11.7 Å². The Labute approximate surface area is 78.3 Å². The minimum Gasteiger partial charge on any atom is -0.459 e. The minimum absolute atomic E-state index is 0.274. The maximum absolute atomic E-state index is 11.4. The number of aliphatic hydroxyl groups is 1. The topological polar surface area (TPSA) is 58.6 Å². The highest BCUT2D eigenvalue weighted by Gasteiger charge is 2.31. The van der Waals surface area contributed by atoms with Crippen molar-refractivity contribution in [2.75, 3.05) is 6.54 Å². The lowest BCUT2D eigenvalue weighted by atomic mass is 10.1.